The fourth-order valence-corrected chi connectivity index (χ4v) is 3.54. The van der Waals surface area contributed by atoms with Crippen LogP contribution in [0.3, 0.4) is 0 Å². The van der Waals surface area contributed by atoms with Crippen LogP contribution in [0.15, 0.2) is 72.2 Å². The van der Waals surface area contributed by atoms with Gasteiger partial charge in [0.2, 0.25) is 5.95 Å². The zero-order chi connectivity index (χ0) is 21.6. The Morgan fingerprint density at radius 2 is 1.90 bits per heavy atom. The Bertz CT molecular complexity index is 1060. The summed E-state index contributed by atoms with van der Waals surface area (Å²) in [5.74, 6) is 1.01. The van der Waals surface area contributed by atoms with Gasteiger partial charge in [-0.25, -0.2) is 9.48 Å². The lowest BCUT2D eigenvalue weighted by Crippen LogP contribution is -2.29. The molecule has 1 aromatic heterocycles. The van der Waals surface area contributed by atoms with Crippen LogP contribution in [0.2, 0.25) is 0 Å². The Labute approximate surface area is 181 Å². The van der Waals surface area contributed by atoms with Crippen molar-refractivity contribution in [1.29, 1.82) is 0 Å². The number of nitrogens with one attached hydrogen (secondary N) is 1. The van der Waals surface area contributed by atoms with Gasteiger partial charge in [0.15, 0.2) is 0 Å². The van der Waals surface area contributed by atoms with Crippen LogP contribution in [0.25, 0.3) is 0 Å². The highest BCUT2D eigenvalue weighted by atomic mass is 16.5. The van der Waals surface area contributed by atoms with Crippen LogP contribution in [-0.4, -0.2) is 27.3 Å². The molecular weight excluding hydrogens is 392 g/mol. The Kier molecular flexibility index (Phi) is 6.31. The Morgan fingerprint density at radius 3 is 2.65 bits per heavy atom. The summed E-state index contributed by atoms with van der Waals surface area (Å²) in [6, 6.07) is 17.3. The maximum atomic E-state index is 12.9. The van der Waals surface area contributed by atoms with Crippen LogP contribution in [0, 0.1) is 0 Å². The smallest absolute Gasteiger partial charge is 0.338 e. The number of unbranched alkanes of at least 4 members (excludes halogenated alkanes) is 1. The van der Waals surface area contributed by atoms with Gasteiger partial charge in [0.05, 0.1) is 12.2 Å². The van der Waals surface area contributed by atoms with Crippen LogP contribution in [0.4, 0.5) is 5.95 Å². The molecule has 0 saturated heterocycles. The van der Waals surface area contributed by atoms with Crippen LogP contribution in [0.5, 0.6) is 5.75 Å². The second-order valence-electron chi connectivity index (χ2n) is 7.43. The number of hydrogen-bond acceptors (Lipinski definition) is 6. The van der Waals surface area contributed by atoms with E-state index in [-0.39, 0.29) is 5.97 Å². The molecule has 7 nitrogen and oxygen atoms in total. The molecule has 0 fully saturated rings. The van der Waals surface area contributed by atoms with E-state index in [9.17, 15) is 4.79 Å². The summed E-state index contributed by atoms with van der Waals surface area (Å²) < 4.78 is 13.1. The van der Waals surface area contributed by atoms with Crippen molar-refractivity contribution in [3.05, 3.63) is 83.3 Å². The normalized spacial score (nSPS) is 15.2. The molecule has 1 aliphatic heterocycles. The summed E-state index contributed by atoms with van der Waals surface area (Å²) >= 11 is 0. The summed E-state index contributed by atoms with van der Waals surface area (Å²) in [6.07, 6.45) is 3.27. The SMILES string of the molecule is CCCCOC(=O)C1=C(C)Nc2ncnn2C1c1ccc(OCc2ccccc2)cc1. The predicted molar refractivity (Wildman–Crippen MR) is 118 cm³/mol. The first-order valence-corrected chi connectivity index (χ1v) is 10.5. The molecule has 7 heteroatoms. The number of aromatic nitrogens is 3. The highest BCUT2D eigenvalue weighted by molar-refractivity contribution is 5.92. The van der Waals surface area contributed by atoms with Crippen LogP contribution < -0.4 is 10.1 Å². The van der Waals surface area contributed by atoms with Crippen molar-refractivity contribution in [2.75, 3.05) is 11.9 Å². The summed E-state index contributed by atoms with van der Waals surface area (Å²) in [6.45, 7) is 4.81. The third kappa shape index (κ3) is 4.60. The molecular formula is C24H26N4O3. The molecule has 1 unspecified atom stereocenters. The minimum atomic E-state index is -0.420. The van der Waals surface area contributed by atoms with Crippen molar-refractivity contribution in [2.24, 2.45) is 0 Å². The third-order valence-electron chi connectivity index (χ3n) is 5.19. The molecule has 1 aliphatic rings. The molecule has 2 aromatic carbocycles. The van der Waals surface area contributed by atoms with E-state index in [0.717, 1.165) is 35.4 Å². The molecule has 0 spiro atoms. The second-order valence-corrected chi connectivity index (χ2v) is 7.43. The van der Waals surface area contributed by atoms with Gasteiger partial charge in [-0.3, -0.25) is 0 Å². The first kappa shape index (κ1) is 20.7. The first-order chi connectivity index (χ1) is 15.2. The van der Waals surface area contributed by atoms with Gasteiger partial charge in [-0.2, -0.15) is 10.1 Å². The second kappa shape index (κ2) is 9.47. The average molecular weight is 418 g/mol. The van der Waals surface area contributed by atoms with Crippen molar-refractivity contribution in [3.63, 3.8) is 0 Å². The van der Waals surface area contributed by atoms with E-state index in [1.807, 2.05) is 61.5 Å². The van der Waals surface area contributed by atoms with Crippen molar-refractivity contribution in [2.45, 2.75) is 39.3 Å². The molecule has 2 heterocycles. The van der Waals surface area contributed by atoms with Gasteiger partial charge in [0, 0.05) is 5.70 Å². The fraction of sp³-hybridized carbons (Fsp3) is 0.292. The lowest BCUT2D eigenvalue weighted by Gasteiger charge is -2.28. The summed E-state index contributed by atoms with van der Waals surface area (Å²) in [4.78, 5) is 17.2. The molecule has 160 valence electrons. The first-order valence-electron chi connectivity index (χ1n) is 10.5. The summed E-state index contributed by atoms with van der Waals surface area (Å²) in [7, 11) is 0. The molecule has 0 aliphatic carbocycles. The summed E-state index contributed by atoms with van der Waals surface area (Å²) in [5, 5.41) is 7.50. The van der Waals surface area contributed by atoms with E-state index in [0.29, 0.717) is 24.7 Å². The Hall–Kier alpha value is -3.61. The average Bonchev–Trinajstić information content (AvgIpc) is 3.26. The van der Waals surface area contributed by atoms with Gasteiger partial charge in [0.1, 0.15) is 24.7 Å². The highest BCUT2D eigenvalue weighted by Gasteiger charge is 2.34. The summed E-state index contributed by atoms with van der Waals surface area (Å²) in [5.41, 5.74) is 3.26. The third-order valence-corrected chi connectivity index (χ3v) is 5.19. The molecule has 3 aromatic rings. The number of carbonyl (C=O) groups excluding carboxylic acids is 1. The van der Waals surface area contributed by atoms with Gasteiger partial charge in [-0.1, -0.05) is 55.8 Å². The highest BCUT2D eigenvalue weighted by Crippen LogP contribution is 2.35. The number of fused-ring (bicyclic) bond motifs is 1. The lowest BCUT2D eigenvalue weighted by atomic mass is 9.96. The molecule has 31 heavy (non-hydrogen) atoms. The molecule has 0 radical (unpaired) electrons. The minimum absolute atomic E-state index is 0.339. The molecule has 0 saturated carbocycles. The quantitative estimate of drug-likeness (QED) is 0.429. The number of hydrogen-bond donors (Lipinski definition) is 1. The van der Waals surface area contributed by atoms with Gasteiger partial charge in [-0.05, 0) is 36.6 Å². The van der Waals surface area contributed by atoms with E-state index in [1.165, 1.54) is 6.33 Å². The van der Waals surface area contributed by atoms with Crippen molar-refractivity contribution >= 4 is 11.9 Å². The van der Waals surface area contributed by atoms with Gasteiger partial charge < -0.3 is 14.8 Å². The number of carbonyl (C=O) groups is 1. The van der Waals surface area contributed by atoms with E-state index in [2.05, 4.69) is 22.3 Å². The monoisotopic (exact) mass is 418 g/mol. The number of benzene rings is 2. The van der Waals surface area contributed by atoms with Gasteiger partial charge in [0.25, 0.3) is 0 Å². The predicted octanol–water partition coefficient (Wildman–Crippen LogP) is 4.49. The Morgan fingerprint density at radius 1 is 1.13 bits per heavy atom. The largest absolute Gasteiger partial charge is 0.489 e. The van der Waals surface area contributed by atoms with E-state index in [4.69, 9.17) is 9.47 Å². The number of ether oxygens (including phenoxy) is 2. The maximum Gasteiger partial charge on any atom is 0.338 e. The Balaban J connectivity index is 1.57. The minimum Gasteiger partial charge on any atom is -0.489 e. The van der Waals surface area contributed by atoms with Gasteiger partial charge in [-0.15, -0.1) is 0 Å². The maximum absolute atomic E-state index is 12.9. The van der Waals surface area contributed by atoms with Gasteiger partial charge >= 0.3 is 5.97 Å². The molecule has 4 rings (SSSR count). The number of anilines is 1. The lowest BCUT2D eigenvalue weighted by molar-refractivity contribution is -0.139. The number of nitrogens with zero attached hydrogens (tertiary/aromatic N) is 3. The topological polar surface area (TPSA) is 78.3 Å². The van der Waals surface area contributed by atoms with Crippen molar-refractivity contribution in [1.82, 2.24) is 14.8 Å². The molecule has 0 amide bonds. The number of esters is 1. The van der Waals surface area contributed by atoms with E-state index < -0.39 is 6.04 Å². The van der Waals surface area contributed by atoms with Crippen LogP contribution in [-0.2, 0) is 16.1 Å². The zero-order valence-corrected chi connectivity index (χ0v) is 17.7. The van der Waals surface area contributed by atoms with Crippen molar-refractivity contribution < 1.29 is 14.3 Å². The van der Waals surface area contributed by atoms with Crippen LogP contribution in [0.1, 0.15) is 43.9 Å². The fourth-order valence-electron chi connectivity index (χ4n) is 3.54. The molecule has 1 atom stereocenters. The number of allylic oxidation sites excluding steroid dienone is 1. The number of rotatable bonds is 8. The van der Waals surface area contributed by atoms with E-state index in [1.54, 1.807) is 4.68 Å². The van der Waals surface area contributed by atoms with Crippen LogP contribution >= 0.6 is 0 Å². The van der Waals surface area contributed by atoms with Crippen molar-refractivity contribution in [3.8, 4) is 5.75 Å². The molecule has 0 bridgehead atoms. The molecule has 1 N–H and O–H groups in total. The zero-order valence-electron chi connectivity index (χ0n) is 17.7. The van der Waals surface area contributed by atoms with E-state index >= 15 is 0 Å². The standard InChI is InChI=1S/C24H26N4O3/c1-3-4-14-30-23(29)21-17(2)27-24-25-16-26-28(24)22(21)19-10-12-20(13-11-19)31-15-18-8-6-5-7-9-18/h5-13,16,22H,3-4,14-15H2,1-2H3,(H,25,26,27).